The van der Waals surface area contributed by atoms with Gasteiger partial charge in [0.1, 0.15) is 5.54 Å². The minimum Gasteiger partial charge on any atom is -0.376 e. The van der Waals surface area contributed by atoms with Gasteiger partial charge in [-0.05, 0) is 43.9 Å². The Balaban J connectivity index is 1.66. The summed E-state index contributed by atoms with van der Waals surface area (Å²) in [5.74, 6) is -0.834. The molecule has 3 aliphatic heterocycles. The van der Waals surface area contributed by atoms with E-state index in [0.29, 0.717) is 45.5 Å². The molecule has 0 unspecified atom stereocenters. The first-order valence-electron chi connectivity index (χ1n) is 11.4. The molecule has 0 aromatic carbocycles. The molecule has 8 heteroatoms. The summed E-state index contributed by atoms with van der Waals surface area (Å²) >= 11 is 0. The molecule has 0 radical (unpaired) electrons. The molecule has 0 bridgehead atoms. The standard InChI is InChI=1S/C22H35N3O5/c1-4-9-22(20(28)25(21(29)23-22)14-17-6-5-12-30-17)16-7-10-24(11-8-16)19(27)18(26)13-15(2)3/h15-17H,4-14H2,1-3H3,(H,23,29)/t17-,22+/m1/s1. The second-order valence-corrected chi connectivity index (χ2v) is 9.29. The van der Waals surface area contributed by atoms with Crippen molar-refractivity contribution in [3.05, 3.63) is 0 Å². The molecule has 0 aromatic heterocycles. The van der Waals surface area contributed by atoms with Crippen LogP contribution in [0.25, 0.3) is 0 Å². The molecule has 3 saturated heterocycles. The lowest BCUT2D eigenvalue weighted by Gasteiger charge is -2.40. The normalized spacial score (nSPS) is 27.8. The number of nitrogens with zero attached hydrogens (tertiary/aromatic N) is 2. The Bertz CT molecular complexity index is 680. The lowest BCUT2D eigenvalue weighted by molar-refractivity contribution is -0.146. The van der Waals surface area contributed by atoms with Crippen LogP contribution in [-0.2, 0) is 19.1 Å². The summed E-state index contributed by atoms with van der Waals surface area (Å²) in [5, 5.41) is 3.02. The van der Waals surface area contributed by atoms with E-state index in [1.165, 1.54) is 4.90 Å². The number of hydrogen-bond donors (Lipinski definition) is 1. The van der Waals surface area contributed by atoms with Crippen molar-refractivity contribution < 1.29 is 23.9 Å². The summed E-state index contributed by atoms with van der Waals surface area (Å²) in [6.07, 6.45) is 4.53. The molecule has 0 aliphatic carbocycles. The minimum absolute atomic E-state index is 0.0485. The fraction of sp³-hybridized carbons (Fsp3) is 0.818. The SMILES string of the molecule is CCC[C@@]1(C2CCN(C(=O)C(=O)CC(C)C)CC2)NC(=O)N(C[C@H]2CCCO2)C1=O. The smallest absolute Gasteiger partial charge is 0.325 e. The van der Waals surface area contributed by atoms with Gasteiger partial charge in [-0.1, -0.05) is 27.2 Å². The van der Waals surface area contributed by atoms with Gasteiger partial charge < -0.3 is 15.0 Å². The number of hydrogen-bond acceptors (Lipinski definition) is 5. The van der Waals surface area contributed by atoms with E-state index in [2.05, 4.69) is 5.32 Å². The molecule has 4 amide bonds. The van der Waals surface area contributed by atoms with Crippen molar-refractivity contribution in [2.75, 3.05) is 26.2 Å². The van der Waals surface area contributed by atoms with Crippen molar-refractivity contribution in [3.63, 3.8) is 0 Å². The second-order valence-electron chi connectivity index (χ2n) is 9.29. The van der Waals surface area contributed by atoms with Gasteiger partial charge in [0.25, 0.3) is 11.8 Å². The van der Waals surface area contributed by atoms with Crippen LogP contribution in [0.2, 0.25) is 0 Å². The van der Waals surface area contributed by atoms with Crippen LogP contribution in [0.3, 0.4) is 0 Å². The van der Waals surface area contributed by atoms with Gasteiger partial charge >= 0.3 is 6.03 Å². The molecule has 1 N–H and O–H groups in total. The molecule has 168 valence electrons. The van der Waals surface area contributed by atoms with Crippen LogP contribution < -0.4 is 5.32 Å². The number of urea groups is 1. The summed E-state index contributed by atoms with van der Waals surface area (Å²) in [6.45, 7) is 7.70. The number of likely N-dealkylation sites (tertiary alicyclic amines) is 1. The molecule has 0 saturated carbocycles. The van der Waals surface area contributed by atoms with Crippen molar-refractivity contribution in [2.24, 2.45) is 11.8 Å². The monoisotopic (exact) mass is 421 g/mol. The first kappa shape index (κ1) is 22.7. The van der Waals surface area contributed by atoms with E-state index in [0.717, 1.165) is 19.3 Å². The van der Waals surface area contributed by atoms with Crippen molar-refractivity contribution >= 4 is 23.6 Å². The summed E-state index contributed by atoms with van der Waals surface area (Å²) < 4.78 is 5.63. The van der Waals surface area contributed by atoms with E-state index in [1.54, 1.807) is 4.90 Å². The van der Waals surface area contributed by atoms with Gasteiger partial charge in [-0.25, -0.2) is 4.79 Å². The van der Waals surface area contributed by atoms with Crippen LogP contribution in [0.1, 0.15) is 65.7 Å². The molecule has 2 atom stereocenters. The van der Waals surface area contributed by atoms with Crippen molar-refractivity contribution in [1.82, 2.24) is 15.1 Å². The van der Waals surface area contributed by atoms with E-state index in [4.69, 9.17) is 4.74 Å². The molecule has 30 heavy (non-hydrogen) atoms. The molecule has 3 fully saturated rings. The quantitative estimate of drug-likeness (QED) is 0.478. The highest BCUT2D eigenvalue weighted by atomic mass is 16.5. The van der Waals surface area contributed by atoms with Crippen molar-refractivity contribution in [2.45, 2.75) is 77.4 Å². The molecular formula is C22H35N3O5. The molecule has 3 rings (SSSR count). The van der Waals surface area contributed by atoms with E-state index >= 15 is 0 Å². The Hall–Kier alpha value is -1.96. The van der Waals surface area contributed by atoms with Gasteiger partial charge in [-0.15, -0.1) is 0 Å². The summed E-state index contributed by atoms with van der Waals surface area (Å²) in [7, 11) is 0. The molecule has 0 spiro atoms. The maximum atomic E-state index is 13.4. The fourth-order valence-corrected chi connectivity index (χ4v) is 5.06. The van der Waals surface area contributed by atoms with E-state index in [1.807, 2.05) is 20.8 Å². The zero-order valence-electron chi connectivity index (χ0n) is 18.4. The zero-order valence-corrected chi connectivity index (χ0v) is 18.4. The Labute approximate surface area is 178 Å². The van der Waals surface area contributed by atoms with Crippen LogP contribution in [0.5, 0.6) is 0 Å². The van der Waals surface area contributed by atoms with E-state index < -0.39 is 11.4 Å². The number of piperidine rings is 1. The summed E-state index contributed by atoms with van der Waals surface area (Å²) in [6, 6.07) is -0.338. The Morgan fingerprint density at radius 1 is 1.20 bits per heavy atom. The molecule has 3 aliphatic rings. The number of ether oxygens (including phenoxy) is 1. The number of amides is 4. The summed E-state index contributed by atoms with van der Waals surface area (Å²) in [4.78, 5) is 53.6. The lowest BCUT2D eigenvalue weighted by Crippen LogP contribution is -2.57. The van der Waals surface area contributed by atoms with Crippen LogP contribution in [0.15, 0.2) is 0 Å². The predicted octanol–water partition coefficient (Wildman–Crippen LogP) is 2.11. The predicted molar refractivity (Wildman–Crippen MR) is 111 cm³/mol. The van der Waals surface area contributed by atoms with Gasteiger partial charge in [0.05, 0.1) is 12.6 Å². The van der Waals surface area contributed by atoms with Gasteiger partial charge in [0, 0.05) is 26.1 Å². The van der Waals surface area contributed by atoms with Gasteiger partial charge in [0.2, 0.25) is 5.78 Å². The van der Waals surface area contributed by atoms with Crippen LogP contribution in [0.4, 0.5) is 4.79 Å². The molecule has 0 aromatic rings. The Morgan fingerprint density at radius 2 is 1.90 bits per heavy atom. The van der Waals surface area contributed by atoms with Crippen molar-refractivity contribution in [3.8, 4) is 0 Å². The van der Waals surface area contributed by atoms with Crippen LogP contribution in [0, 0.1) is 11.8 Å². The van der Waals surface area contributed by atoms with E-state index in [9.17, 15) is 19.2 Å². The third kappa shape index (κ3) is 4.53. The topological polar surface area (TPSA) is 96.0 Å². The fourth-order valence-electron chi connectivity index (χ4n) is 5.06. The number of Topliss-reactive ketones (excluding diaryl/α,β-unsaturated/α-hetero) is 1. The maximum absolute atomic E-state index is 13.4. The largest absolute Gasteiger partial charge is 0.376 e. The number of carbonyl (C=O) groups is 4. The number of nitrogens with one attached hydrogen (secondary N) is 1. The number of imide groups is 1. The number of carbonyl (C=O) groups excluding carboxylic acids is 4. The highest BCUT2D eigenvalue weighted by molar-refractivity contribution is 6.36. The Kier molecular flexibility index (Phi) is 7.16. The average molecular weight is 422 g/mol. The Morgan fingerprint density at radius 3 is 2.47 bits per heavy atom. The lowest BCUT2D eigenvalue weighted by atomic mass is 9.74. The van der Waals surface area contributed by atoms with Crippen LogP contribution in [-0.4, -0.2) is 71.3 Å². The maximum Gasteiger partial charge on any atom is 0.325 e. The zero-order chi connectivity index (χ0) is 21.9. The third-order valence-electron chi connectivity index (χ3n) is 6.57. The third-order valence-corrected chi connectivity index (χ3v) is 6.57. The highest BCUT2D eigenvalue weighted by Crippen LogP contribution is 2.37. The van der Waals surface area contributed by atoms with Crippen molar-refractivity contribution in [1.29, 1.82) is 0 Å². The highest BCUT2D eigenvalue weighted by Gasteiger charge is 2.55. The first-order chi connectivity index (χ1) is 14.3. The second kappa shape index (κ2) is 9.45. The number of ketones is 1. The van der Waals surface area contributed by atoms with Gasteiger partial charge in [-0.3, -0.25) is 19.3 Å². The number of rotatable bonds is 8. The van der Waals surface area contributed by atoms with E-state index in [-0.39, 0.29) is 42.1 Å². The molecule has 3 heterocycles. The average Bonchev–Trinajstić information content (AvgIpc) is 3.30. The minimum atomic E-state index is -0.915. The molecule has 8 nitrogen and oxygen atoms in total. The van der Waals surface area contributed by atoms with Crippen LogP contribution >= 0.6 is 0 Å². The van der Waals surface area contributed by atoms with Gasteiger partial charge in [0.15, 0.2) is 0 Å². The molecular weight excluding hydrogens is 386 g/mol. The summed E-state index contributed by atoms with van der Waals surface area (Å²) in [5.41, 5.74) is -0.915. The first-order valence-corrected chi connectivity index (χ1v) is 11.4. The van der Waals surface area contributed by atoms with Gasteiger partial charge in [-0.2, -0.15) is 0 Å².